The molecule has 16 heavy (non-hydrogen) atoms. The molecule has 3 N–H and O–H groups in total. The molecule has 1 saturated heterocycles. The molecular weight excluding hydrogens is 206 g/mol. The maximum atomic E-state index is 5.76. The average molecular weight is 227 g/mol. The van der Waals surface area contributed by atoms with Crippen LogP contribution in [-0.4, -0.2) is 45.0 Å². The van der Waals surface area contributed by atoms with Crippen molar-refractivity contribution >= 4 is 5.96 Å². The van der Waals surface area contributed by atoms with Crippen LogP contribution in [0.5, 0.6) is 0 Å². The van der Waals surface area contributed by atoms with Gasteiger partial charge in [-0.3, -0.25) is 4.99 Å². The Morgan fingerprint density at radius 2 is 2.25 bits per heavy atom. The summed E-state index contributed by atoms with van der Waals surface area (Å²) < 4.78 is 10.8. The molecule has 1 saturated carbocycles. The maximum Gasteiger partial charge on any atom is 0.188 e. The summed E-state index contributed by atoms with van der Waals surface area (Å²) in [5.41, 5.74) is 5.76. The molecule has 0 spiro atoms. The fourth-order valence-corrected chi connectivity index (χ4v) is 1.83. The van der Waals surface area contributed by atoms with Crippen molar-refractivity contribution in [3.05, 3.63) is 0 Å². The number of nitrogens with one attached hydrogen (secondary N) is 1. The molecule has 2 fully saturated rings. The van der Waals surface area contributed by atoms with Crippen LogP contribution in [0, 0.1) is 5.92 Å². The van der Waals surface area contributed by atoms with E-state index in [4.69, 9.17) is 15.2 Å². The van der Waals surface area contributed by atoms with E-state index in [0.29, 0.717) is 32.3 Å². The largest absolute Gasteiger partial charge is 0.376 e. The zero-order valence-electron chi connectivity index (χ0n) is 9.65. The highest BCUT2D eigenvalue weighted by Gasteiger charge is 2.17. The van der Waals surface area contributed by atoms with Gasteiger partial charge in [-0.05, 0) is 18.8 Å². The van der Waals surface area contributed by atoms with Crippen molar-refractivity contribution in [2.24, 2.45) is 16.6 Å². The van der Waals surface area contributed by atoms with Gasteiger partial charge in [0.2, 0.25) is 0 Å². The standard InChI is InChI=1S/C11H21N3O2/c12-11(13-6-9-2-1-3-9)14-7-10-8-15-4-5-16-10/h9-10H,1-8H2,(H3,12,13,14). The minimum atomic E-state index is 0.103. The molecule has 0 aromatic rings. The van der Waals surface area contributed by atoms with Crippen molar-refractivity contribution < 1.29 is 9.47 Å². The monoisotopic (exact) mass is 227 g/mol. The van der Waals surface area contributed by atoms with Gasteiger partial charge in [0.1, 0.15) is 0 Å². The first-order chi connectivity index (χ1) is 7.84. The Kier molecular flexibility index (Phi) is 4.42. The number of aliphatic imine (C=N–C) groups is 1. The van der Waals surface area contributed by atoms with Crippen molar-refractivity contribution in [3.63, 3.8) is 0 Å². The van der Waals surface area contributed by atoms with E-state index in [1.54, 1.807) is 0 Å². The third-order valence-electron chi connectivity index (χ3n) is 3.14. The third-order valence-corrected chi connectivity index (χ3v) is 3.14. The zero-order chi connectivity index (χ0) is 11.2. The molecule has 1 heterocycles. The number of hydrogen-bond acceptors (Lipinski definition) is 3. The van der Waals surface area contributed by atoms with Gasteiger partial charge >= 0.3 is 0 Å². The Morgan fingerprint density at radius 1 is 1.38 bits per heavy atom. The number of guanidine groups is 1. The Morgan fingerprint density at radius 3 is 2.88 bits per heavy atom. The van der Waals surface area contributed by atoms with Gasteiger partial charge in [-0.2, -0.15) is 0 Å². The van der Waals surface area contributed by atoms with Gasteiger partial charge in [0, 0.05) is 13.1 Å². The van der Waals surface area contributed by atoms with Crippen LogP contribution in [0.1, 0.15) is 19.3 Å². The summed E-state index contributed by atoms with van der Waals surface area (Å²) >= 11 is 0. The van der Waals surface area contributed by atoms with Crippen LogP contribution in [-0.2, 0) is 9.47 Å². The van der Waals surface area contributed by atoms with Crippen molar-refractivity contribution in [2.75, 3.05) is 32.9 Å². The molecule has 0 radical (unpaired) electrons. The fraction of sp³-hybridized carbons (Fsp3) is 0.909. The van der Waals surface area contributed by atoms with E-state index >= 15 is 0 Å². The highest BCUT2D eigenvalue weighted by molar-refractivity contribution is 5.77. The summed E-state index contributed by atoms with van der Waals surface area (Å²) in [6, 6.07) is 0. The van der Waals surface area contributed by atoms with E-state index in [1.165, 1.54) is 19.3 Å². The smallest absolute Gasteiger partial charge is 0.188 e. The van der Waals surface area contributed by atoms with Gasteiger partial charge in [-0.1, -0.05) is 6.42 Å². The number of nitrogens with zero attached hydrogens (tertiary/aromatic N) is 1. The lowest BCUT2D eigenvalue weighted by Gasteiger charge is -2.24. The molecule has 1 aliphatic heterocycles. The summed E-state index contributed by atoms with van der Waals surface area (Å²) in [7, 11) is 0. The Labute approximate surface area is 96.4 Å². The van der Waals surface area contributed by atoms with Gasteiger partial charge in [0.05, 0.1) is 25.9 Å². The third kappa shape index (κ3) is 3.64. The van der Waals surface area contributed by atoms with Gasteiger partial charge < -0.3 is 20.5 Å². The van der Waals surface area contributed by atoms with Gasteiger partial charge in [-0.25, -0.2) is 0 Å². The van der Waals surface area contributed by atoms with E-state index in [1.807, 2.05) is 0 Å². The topological polar surface area (TPSA) is 68.9 Å². The molecule has 1 unspecified atom stereocenters. The average Bonchev–Trinajstić information content (AvgIpc) is 2.26. The molecule has 0 aromatic carbocycles. The molecule has 2 aliphatic rings. The summed E-state index contributed by atoms with van der Waals surface area (Å²) in [5.74, 6) is 1.29. The van der Waals surface area contributed by atoms with Crippen molar-refractivity contribution in [1.82, 2.24) is 5.32 Å². The van der Waals surface area contributed by atoms with E-state index in [-0.39, 0.29) is 6.10 Å². The minimum absolute atomic E-state index is 0.103. The SMILES string of the molecule is NC(=NCC1CCC1)NCC1COCCO1. The van der Waals surface area contributed by atoms with Crippen molar-refractivity contribution in [2.45, 2.75) is 25.4 Å². The van der Waals surface area contributed by atoms with E-state index < -0.39 is 0 Å². The molecule has 0 amide bonds. The van der Waals surface area contributed by atoms with Gasteiger partial charge in [-0.15, -0.1) is 0 Å². The number of ether oxygens (including phenoxy) is 2. The Balaban J connectivity index is 1.59. The molecule has 1 atom stereocenters. The minimum Gasteiger partial charge on any atom is -0.376 e. The second-order valence-electron chi connectivity index (χ2n) is 4.47. The quantitative estimate of drug-likeness (QED) is 0.528. The lowest BCUT2D eigenvalue weighted by atomic mass is 9.86. The first kappa shape index (κ1) is 11.7. The Bertz CT molecular complexity index is 235. The molecule has 1 aliphatic carbocycles. The first-order valence-corrected chi connectivity index (χ1v) is 6.08. The molecule has 0 aromatic heterocycles. The first-order valence-electron chi connectivity index (χ1n) is 6.08. The van der Waals surface area contributed by atoms with E-state index in [9.17, 15) is 0 Å². The maximum absolute atomic E-state index is 5.76. The zero-order valence-corrected chi connectivity index (χ0v) is 9.65. The fourth-order valence-electron chi connectivity index (χ4n) is 1.83. The molecule has 2 rings (SSSR count). The van der Waals surface area contributed by atoms with E-state index in [0.717, 1.165) is 12.5 Å². The number of hydrogen-bond donors (Lipinski definition) is 2. The number of rotatable bonds is 4. The molecule has 92 valence electrons. The predicted octanol–water partition coefficient (Wildman–Crippen LogP) is 0.106. The van der Waals surface area contributed by atoms with E-state index in [2.05, 4.69) is 10.3 Å². The summed E-state index contributed by atoms with van der Waals surface area (Å²) in [6.07, 6.45) is 4.05. The van der Waals surface area contributed by atoms with Gasteiger partial charge in [0.15, 0.2) is 5.96 Å². The molecule has 0 bridgehead atoms. The second-order valence-corrected chi connectivity index (χ2v) is 4.47. The highest BCUT2D eigenvalue weighted by Crippen LogP contribution is 2.26. The van der Waals surface area contributed by atoms with Crippen molar-refractivity contribution in [3.8, 4) is 0 Å². The van der Waals surface area contributed by atoms with Gasteiger partial charge in [0.25, 0.3) is 0 Å². The summed E-state index contributed by atoms with van der Waals surface area (Å²) in [5, 5.41) is 3.08. The predicted molar refractivity (Wildman–Crippen MR) is 62.4 cm³/mol. The summed E-state index contributed by atoms with van der Waals surface area (Å²) in [4.78, 5) is 4.32. The van der Waals surface area contributed by atoms with Crippen LogP contribution in [0.25, 0.3) is 0 Å². The lowest BCUT2D eigenvalue weighted by molar-refractivity contribution is -0.0850. The molecule has 5 heteroatoms. The lowest BCUT2D eigenvalue weighted by Crippen LogP contribution is -2.42. The second kappa shape index (κ2) is 6.06. The van der Waals surface area contributed by atoms with Crippen LogP contribution in [0.3, 0.4) is 0 Å². The molecular formula is C11H21N3O2. The van der Waals surface area contributed by atoms with Crippen LogP contribution in [0.15, 0.2) is 4.99 Å². The number of nitrogens with two attached hydrogens (primary N) is 1. The van der Waals surface area contributed by atoms with Crippen LogP contribution >= 0.6 is 0 Å². The summed E-state index contributed by atoms with van der Waals surface area (Å²) in [6.45, 7) is 3.55. The van der Waals surface area contributed by atoms with Crippen molar-refractivity contribution in [1.29, 1.82) is 0 Å². The normalized spacial score (nSPS) is 27.5. The highest BCUT2D eigenvalue weighted by atomic mass is 16.6. The van der Waals surface area contributed by atoms with Crippen LogP contribution in [0.4, 0.5) is 0 Å². The van der Waals surface area contributed by atoms with Crippen LogP contribution in [0.2, 0.25) is 0 Å². The Hall–Kier alpha value is -0.810. The van der Waals surface area contributed by atoms with Crippen LogP contribution < -0.4 is 11.1 Å². The molecule has 5 nitrogen and oxygen atoms in total.